The number of benzene rings is 2. The number of hydrogen-bond acceptors (Lipinski definition) is 5. The van der Waals surface area contributed by atoms with Gasteiger partial charge in [0.15, 0.2) is 10.9 Å². The van der Waals surface area contributed by atoms with Gasteiger partial charge in [-0.1, -0.05) is 11.8 Å². The van der Waals surface area contributed by atoms with Crippen LogP contribution < -0.4 is 10.1 Å². The van der Waals surface area contributed by atoms with Crippen LogP contribution in [-0.2, 0) is 11.8 Å². The molecule has 0 radical (unpaired) electrons. The van der Waals surface area contributed by atoms with Crippen molar-refractivity contribution < 1.29 is 14.3 Å². The number of carbonyl (C=O) groups excluding carboxylic acids is 2. The van der Waals surface area contributed by atoms with Gasteiger partial charge >= 0.3 is 0 Å². The van der Waals surface area contributed by atoms with Gasteiger partial charge in [0.2, 0.25) is 5.91 Å². The molecule has 0 aliphatic carbocycles. The number of anilines is 1. The number of Topliss-reactive ketones (excluding diaryl/α,β-unsaturated/α-hetero) is 1. The maximum Gasteiger partial charge on any atom is 0.224 e. The average Bonchev–Trinajstić information content (AvgIpc) is 3.13. The van der Waals surface area contributed by atoms with Crippen LogP contribution in [0.3, 0.4) is 0 Å². The second kappa shape index (κ2) is 9.93. The molecule has 0 fully saturated rings. The first kappa shape index (κ1) is 20.7. The Morgan fingerprint density at radius 2 is 1.79 bits per heavy atom. The molecule has 0 unspecified atom stereocenters. The summed E-state index contributed by atoms with van der Waals surface area (Å²) in [6.45, 7) is 2.49. The van der Waals surface area contributed by atoms with Crippen molar-refractivity contribution in [2.75, 3.05) is 11.9 Å². The third-order valence-electron chi connectivity index (χ3n) is 4.19. The molecule has 29 heavy (non-hydrogen) atoms. The predicted octanol–water partition coefficient (Wildman–Crippen LogP) is 4.57. The molecule has 7 heteroatoms. The van der Waals surface area contributed by atoms with Gasteiger partial charge < -0.3 is 14.6 Å². The van der Waals surface area contributed by atoms with E-state index in [-0.39, 0.29) is 24.5 Å². The summed E-state index contributed by atoms with van der Waals surface area (Å²) >= 11 is 1.55. The van der Waals surface area contributed by atoms with Crippen molar-refractivity contribution in [2.24, 2.45) is 7.05 Å². The molecule has 0 aliphatic heterocycles. The third kappa shape index (κ3) is 5.96. The lowest BCUT2D eigenvalue weighted by molar-refractivity contribution is -0.116. The number of rotatable bonds is 9. The normalized spacial score (nSPS) is 10.6. The molecular weight excluding hydrogens is 386 g/mol. The van der Waals surface area contributed by atoms with Gasteiger partial charge in [0.1, 0.15) is 5.75 Å². The van der Waals surface area contributed by atoms with E-state index in [0.29, 0.717) is 17.9 Å². The van der Waals surface area contributed by atoms with E-state index in [4.69, 9.17) is 4.74 Å². The highest BCUT2D eigenvalue weighted by atomic mass is 32.2. The topological polar surface area (TPSA) is 73.2 Å². The number of nitrogens with zero attached hydrogens (tertiary/aromatic N) is 2. The first-order valence-corrected chi connectivity index (χ1v) is 10.2. The third-order valence-corrected chi connectivity index (χ3v) is 5.27. The molecular formula is C22H23N3O3S. The lowest BCUT2D eigenvalue weighted by Crippen LogP contribution is -2.13. The second-order valence-corrected chi connectivity index (χ2v) is 7.42. The number of carbonyl (C=O) groups is 2. The lowest BCUT2D eigenvalue weighted by atomic mass is 10.1. The van der Waals surface area contributed by atoms with E-state index in [1.165, 1.54) is 0 Å². The Labute approximate surface area is 174 Å². The van der Waals surface area contributed by atoms with Gasteiger partial charge in [-0.2, -0.15) is 0 Å². The Hall–Kier alpha value is -3.06. The van der Waals surface area contributed by atoms with Crippen LogP contribution in [0.25, 0.3) is 0 Å². The van der Waals surface area contributed by atoms with Crippen LogP contribution in [0.5, 0.6) is 5.75 Å². The fourth-order valence-corrected chi connectivity index (χ4v) is 3.46. The molecule has 3 rings (SSSR count). The van der Waals surface area contributed by atoms with Crippen molar-refractivity contribution in [3.05, 3.63) is 66.5 Å². The fraction of sp³-hybridized carbons (Fsp3) is 0.227. The Morgan fingerprint density at radius 1 is 1.07 bits per heavy atom. The molecule has 2 aromatic carbocycles. The van der Waals surface area contributed by atoms with Gasteiger partial charge in [-0.15, -0.1) is 0 Å². The summed E-state index contributed by atoms with van der Waals surface area (Å²) in [5.74, 6) is 0.477. The highest BCUT2D eigenvalue weighted by Gasteiger charge is 2.10. The highest BCUT2D eigenvalue weighted by Crippen LogP contribution is 2.26. The Balaban J connectivity index is 1.47. The number of aromatic nitrogens is 2. The van der Waals surface area contributed by atoms with Crippen LogP contribution in [0.2, 0.25) is 0 Å². The Bertz CT molecular complexity index is 966. The van der Waals surface area contributed by atoms with Crippen LogP contribution in [0.1, 0.15) is 30.1 Å². The number of amides is 1. The Kier molecular flexibility index (Phi) is 7.08. The summed E-state index contributed by atoms with van der Waals surface area (Å²) in [6, 6.07) is 14.5. The molecule has 1 amide bonds. The maximum absolute atomic E-state index is 12.3. The molecule has 1 N–H and O–H groups in total. The predicted molar refractivity (Wildman–Crippen MR) is 114 cm³/mol. The number of nitrogens with one attached hydrogen (secondary N) is 1. The molecule has 0 saturated heterocycles. The van der Waals surface area contributed by atoms with Gasteiger partial charge in [-0.25, -0.2) is 4.98 Å². The molecule has 150 valence electrons. The minimum Gasteiger partial charge on any atom is -0.494 e. The number of aryl methyl sites for hydroxylation is 1. The van der Waals surface area contributed by atoms with E-state index in [0.717, 1.165) is 15.8 Å². The summed E-state index contributed by atoms with van der Waals surface area (Å²) in [5.41, 5.74) is 1.28. The largest absolute Gasteiger partial charge is 0.494 e. The van der Waals surface area contributed by atoms with E-state index >= 15 is 0 Å². The first-order chi connectivity index (χ1) is 14.0. The zero-order valence-corrected chi connectivity index (χ0v) is 17.2. The van der Waals surface area contributed by atoms with Crippen LogP contribution in [0, 0.1) is 0 Å². The first-order valence-electron chi connectivity index (χ1n) is 9.36. The van der Waals surface area contributed by atoms with Gasteiger partial charge in [0, 0.05) is 48.4 Å². The molecule has 0 saturated carbocycles. The average molecular weight is 410 g/mol. The quantitative estimate of drug-likeness (QED) is 0.524. The number of ether oxygens (including phenoxy) is 1. The summed E-state index contributed by atoms with van der Waals surface area (Å²) < 4.78 is 7.31. The molecule has 0 spiro atoms. The number of imidazole rings is 1. The molecule has 0 bridgehead atoms. The van der Waals surface area contributed by atoms with Crippen LogP contribution in [-0.4, -0.2) is 27.8 Å². The van der Waals surface area contributed by atoms with Gasteiger partial charge in [0.25, 0.3) is 0 Å². The monoisotopic (exact) mass is 409 g/mol. The van der Waals surface area contributed by atoms with Crippen LogP contribution in [0.15, 0.2) is 71.0 Å². The van der Waals surface area contributed by atoms with E-state index < -0.39 is 0 Å². The summed E-state index contributed by atoms with van der Waals surface area (Å²) in [7, 11) is 1.94. The van der Waals surface area contributed by atoms with Crippen molar-refractivity contribution in [1.29, 1.82) is 0 Å². The van der Waals surface area contributed by atoms with Crippen molar-refractivity contribution >= 4 is 29.1 Å². The minimum absolute atomic E-state index is 0.0648. The molecule has 0 aliphatic rings. The van der Waals surface area contributed by atoms with Crippen molar-refractivity contribution in [1.82, 2.24) is 9.55 Å². The van der Waals surface area contributed by atoms with Gasteiger partial charge in [0.05, 0.1) is 6.61 Å². The maximum atomic E-state index is 12.3. The zero-order chi connectivity index (χ0) is 20.6. The molecule has 1 heterocycles. The summed E-state index contributed by atoms with van der Waals surface area (Å²) in [6.07, 6.45) is 3.94. The number of hydrogen-bond donors (Lipinski definition) is 1. The van der Waals surface area contributed by atoms with Gasteiger partial charge in [-0.3, -0.25) is 9.59 Å². The highest BCUT2D eigenvalue weighted by molar-refractivity contribution is 7.99. The van der Waals surface area contributed by atoms with Crippen LogP contribution >= 0.6 is 11.8 Å². The SMILES string of the molecule is CCOc1ccc(C(=O)CCC(=O)Nc2ccc(Sc3nccn3C)cc2)cc1. The van der Waals surface area contributed by atoms with Crippen molar-refractivity contribution in [3.63, 3.8) is 0 Å². The van der Waals surface area contributed by atoms with Crippen LogP contribution in [0.4, 0.5) is 5.69 Å². The van der Waals surface area contributed by atoms with E-state index in [1.54, 1.807) is 42.2 Å². The van der Waals surface area contributed by atoms with Gasteiger partial charge in [-0.05, 0) is 55.5 Å². The second-order valence-electron chi connectivity index (χ2n) is 6.38. The van der Waals surface area contributed by atoms with E-state index in [9.17, 15) is 9.59 Å². The smallest absolute Gasteiger partial charge is 0.224 e. The minimum atomic E-state index is -0.186. The Morgan fingerprint density at radius 3 is 2.41 bits per heavy atom. The lowest BCUT2D eigenvalue weighted by Gasteiger charge is -2.07. The summed E-state index contributed by atoms with van der Waals surface area (Å²) in [4.78, 5) is 29.7. The van der Waals surface area contributed by atoms with Crippen molar-refractivity contribution in [3.8, 4) is 5.75 Å². The fourth-order valence-electron chi connectivity index (χ4n) is 2.66. The molecule has 3 aromatic rings. The molecule has 1 aromatic heterocycles. The van der Waals surface area contributed by atoms with E-state index in [1.807, 2.05) is 49.0 Å². The molecule has 0 atom stereocenters. The molecule has 6 nitrogen and oxygen atoms in total. The number of ketones is 1. The van der Waals surface area contributed by atoms with E-state index in [2.05, 4.69) is 10.3 Å². The van der Waals surface area contributed by atoms with Crippen molar-refractivity contribution in [2.45, 2.75) is 29.8 Å². The summed E-state index contributed by atoms with van der Waals surface area (Å²) in [5, 5.41) is 3.73. The zero-order valence-electron chi connectivity index (χ0n) is 16.4. The standard InChI is InChI=1S/C22H23N3O3S/c1-3-28-18-8-4-16(5-9-18)20(26)12-13-21(27)24-17-6-10-19(11-7-17)29-22-23-14-15-25(22)2/h4-11,14-15H,3,12-13H2,1-2H3,(H,24,27).